The fraction of sp³-hybridized carbons (Fsp3) is 0.267. The highest BCUT2D eigenvalue weighted by molar-refractivity contribution is 7.21. The van der Waals surface area contributed by atoms with E-state index in [1.165, 1.54) is 12.2 Å². The van der Waals surface area contributed by atoms with Crippen molar-refractivity contribution in [1.29, 1.82) is 0 Å². The highest BCUT2D eigenvalue weighted by atomic mass is 35.5. The highest BCUT2D eigenvalue weighted by Crippen LogP contribution is 2.41. The molecule has 0 aliphatic heterocycles. The Bertz CT molecular complexity index is 900. The second kappa shape index (κ2) is 5.64. The number of primary amides is 1. The lowest BCUT2D eigenvalue weighted by atomic mass is 10.1. The summed E-state index contributed by atoms with van der Waals surface area (Å²) in [5, 5.41) is 0.906. The van der Waals surface area contributed by atoms with Crippen LogP contribution in [-0.2, 0) is 9.53 Å². The number of nitrogen functional groups attached to an aromatic ring is 1. The summed E-state index contributed by atoms with van der Waals surface area (Å²) in [6.07, 6.45) is 2.81. The van der Waals surface area contributed by atoms with Gasteiger partial charge < -0.3 is 20.9 Å². The van der Waals surface area contributed by atoms with E-state index in [4.69, 9.17) is 32.5 Å². The van der Waals surface area contributed by atoms with Crippen LogP contribution in [0.4, 0.5) is 5.69 Å². The summed E-state index contributed by atoms with van der Waals surface area (Å²) >= 11 is 7.29. The molecular weight excluding hydrogens is 354 g/mol. The third kappa shape index (κ3) is 2.47. The van der Waals surface area contributed by atoms with Crippen molar-refractivity contribution in [3.63, 3.8) is 0 Å². The fourth-order valence-corrected chi connectivity index (χ4v) is 3.44. The molecule has 1 amide bonds. The number of aromatic nitrogens is 1. The lowest BCUT2D eigenvalue weighted by Gasteiger charge is -2.12. The van der Waals surface area contributed by atoms with Gasteiger partial charge in [-0.05, 0) is 31.6 Å². The number of rotatable bonds is 5. The Morgan fingerprint density at radius 1 is 1.42 bits per heavy atom. The van der Waals surface area contributed by atoms with Gasteiger partial charge in [-0.15, -0.1) is 11.3 Å². The topological polar surface area (TPSA) is 118 Å². The Morgan fingerprint density at radius 2 is 2.08 bits per heavy atom. The Kier molecular flexibility index (Phi) is 3.89. The summed E-state index contributed by atoms with van der Waals surface area (Å²) in [6, 6.07) is 0. The minimum absolute atomic E-state index is 0.139. The quantitative estimate of drug-likeness (QED) is 0.617. The van der Waals surface area contributed by atoms with Gasteiger partial charge in [0.05, 0.1) is 12.3 Å². The van der Waals surface area contributed by atoms with E-state index in [9.17, 15) is 9.59 Å². The number of esters is 1. The van der Waals surface area contributed by atoms with Crippen molar-refractivity contribution in [3.8, 4) is 5.88 Å². The number of hydrogen-bond donors (Lipinski definition) is 2. The SMILES string of the molecule is CCOc1nc2sc(C(=O)OC3(C(N)=O)C=C3)c(N)c2c(C)c1Cl. The molecule has 0 saturated heterocycles. The Morgan fingerprint density at radius 3 is 2.62 bits per heavy atom. The fourth-order valence-electron chi connectivity index (χ4n) is 2.23. The Balaban J connectivity index is 2.04. The van der Waals surface area contributed by atoms with Crippen LogP contribution in [0, 0.1) is 6.92 Å². The average molecular weight is 368 g/mol. The number of pyridine rings is 1. The first kappa shape index (κ1) is 16.5. The monoisotopic (exact) mass is 367 g/mol. The molecule has 0 radical (unpaired) electrons. The van der Waals surface area contributed by atoms with Crippen molar-refractivity contribution < 1.29 is 19.1 Å². The summed E-state index contributed by atoms with van der Waals surface area (Å²) in [5.41, 5.74) is 10.7. The molecule has 24 heavy (non-hydrogen) atoms. The van der Waals surface area contributed by atoms with Crippen molar-refractivity contribution in [2.45, 2.75) is 19.4 Å². The molecule has 3 rings (SSSR count). The molecule has 126 valence electrons. The van der Waals surface area contributed by atoms with E-state index in [2.05, 4.69) is 4.98 Å². The third-order valence-corrected chi connectivity index (χ3v) is 5.13. The summed E-state index contributed by atoms with van der Waals surface area (Å²) < 4.78 is 10.6. The van der Waals surface area contributed by atoms with E-state index in [1.54, 1.807) is 6.92 Å². The number of thiophene rings is 1. The molecule has 0 spiro atoms. The number of amides is 1. The lowest BCUT2D eigenvalue weighted by molar-refractivity contribution is -0.127. The van der Waals surface area contributed by atoms with Crippen molar-refractivity contribution in [2.24, 2.45) is 5.73 Å². The predicted octanol–water partition coefficient (Wildman–Crippen LogP) is 2.19. The molecule has 0 atom stereocenters. The van der Waals surface area contributed by atoms with Crippen LogP contribution in [-0.4, -0.2) is 29.1 Å². The molecule has 7 nitrogen and oxygen atoms in total. The molecule has 1 aliphatic rings. The van der Waals surface area contributed by atoms with E-state index < -0.39 is 17.5 Å². The van der Waals surface area contributed by atoms with Gasteiger partial charge in [-0.3, -0.25) is 4.79 Å². The number of anilines is 1. The minimum Gasteiger partial charge on any atom is -0.477 e. The van der Waals surface area contributed by atoms with Crippen LogP contribution < -0.4 is 16.2 Å². The zero-order valence-electron chi connectivity index (χ0n) is 12.9. The number of hydrogen-bond acceptors (Lipinski definition) is 7. The molecule has 0 bridgehead atoms. The number of carbonyl (C=O) groups is 2. The molecule has 0 aromatic carbocycles. The average Bonchev–Trinajstić information content (AvgIpc) is 3.23. The first-order valence-electron chi connectivity index (χ1n) is 7.05. The smallest absolute Gasteiger partial charge is 0.352 e. The van der Waals surface area contributed by atoms with E-state index in [1.807, 2.05) is 6.92 Å². The van der Waals surface area contributed by atoms with Crippen LogP contribution >= 0.6 is 22.9 Å². The number of carbonyl (C=O) groups excluding carboxylic acids is 2. The van der Waals surface area contributed by atoms with Gasteiger partial charge in [0, 0.05) is 5.39 Å². The number of halogens is 1. The zero-order valence-corrected chi connectivity index (χ0v) is 14.5. The van der Waals surface area contributed by atoms with Gasteiger partial charge in [-0.25, -0.2) is 9.78 Å². The summed E-state index contributed by atoms with van der Waals surface area (Å²) in [4.78, 5) is 28.6. The normalized spacial score (nSPS) is 14.6. The van der Waals surface area contributed by atoms with Crippen LogP contribution in [0.5, 0.6) is 5.88 Å². The lowest BCUT2D eigenvalue weighted by Crippen LogP contribution is -2.36. The Hall–Kier alpha value is -2.32. The van der Waals surface area contributed by atoms with Gasteiger partial charge in [0.25, 0.3) is 5.91 Å². The first-order valence-corrected chi connectivity index (χ1v) is 8.24. The van der Waals surface area contributed by atoms with Crippen molar-refractivity contribution in [1.82, 2.24) is 4.98 Å². The molecule has 0 saturated carbocycles. The molecule has 2 heterocycles. The largest absolute Gasteiger partial charge is 0.477 e. The van der Waals surface area contributed by atoms with Crippen LogP contribution in [0.3, 0.4) is 0 Å². The first-order chi connectivity index (χ1) is 11.3. The van der Waals surface area contributed by atoms with Crippen LogP contribution in [0.1, 0.15) is 22.2 Å². The second-order valence-electron chi connectivity index (χ2n) is 5.19. The van der Waals surface area contributed by atoms with Gasteiger partial charge in [0.2, 0.25) is 11.5 Å². The highest BCUT2D eigenvalue weighted by Gasteiger charge is 2.45. The van der Waals surface area contributed by atoms with Gasteiger partial charge in [-0.2, -0.15) is 0 Å². The predicted molar refractivity (Wildman–Crippen MR) is 91.4 cm³/mol. The molecule has 2 aromatic rings. The maximum Gasteiger partial charge on any atom is 0.352 e. The van der Waals surface area contributed by atoms with Crippen molar-refractivity contribution in [2.75, 3.05) is 12.3 Å². The van der Waals surface area contributed by atoms with Gasteiger partial charge >= 0.3 is 5.97 Å². The number of fused-ring (bicyclic) bond motifs is 1. The van der Waals surface area contributed by atoms with Crippen molar-refractivity contribution >= 4 is 50.7 Å². The van der Waals surface area contributed by atoms with E-state index in [0.717, 1.165) is 11.3 Å². The summed E-state index contributed by atoms with van der Waals surface area (Å²) in [7, 11) is 0. The third-order valence-electron chi connectivity index (χ3n) is 3.60. The minimum atomic E-state index is -1.45. The van der Waals surface area contributed by atoms with E-state index >= 15 is 0 Å². The zero-order chi connectivity index (χ0) is 17.6. The van der Waals surface area contributed by atoms with Crippen molar-refractivity contribution in [3.05, 3.63) is 27.6 Å². The standard InChI is InChI=1S/C15H14ClN3O4S/c1-3-22-11-8(16)6(2)7-9(17)10(24-12(7)19-11)13(20)23-15(4-5-15)14(18)21/h4-5H,3,17H2,1-2H3,(H2,18,21). The number of nitrogens with two attached hydrogens (primary N) is 2. The number of ether oxygens (including phenoxy) is 2. The van der Waals surface area contributed by atoms with Gasteiger partial charge in [0.15, 0.2) is 0 Å². The van der Waals surface area contributed by atoms with Crippen LogP contribution in [0.2, 0.25) is 5.02 Å². The van der Waals surface area contributed by atoms with E-state index in [0.29, 0.717) is 27.4 Å². The number of nitrogens with zero attached hydrogens (tertiary/aromatic N) is 1. The van der Waals surface area contributed by atoms with Crippen LogP contribution in [0.25, 0.3) is 10.2 Å². The van der Waals surface area contributed by atoms with Gasteiger partial charge in [0.1, 0.15) is 14.7 Å². The molecule has 0 fully saturated rings. The maximum atomic E-state index is 12.4. The molecule has 2 aromatic heterocycles. The maximum absolute atomic E-state index is 12.4. The number of aryl methyl sites for hydroxylation is 1. The van der Waals surface area contributed by atoms with Gasteiger partial charge in [-0.1, -0.05) is 11.6 Å². The van der Waals surface area contributed by atoms with E-state index in [-0.39, 0.29) is 16.4 Å². The Labute approximate surface area is 146 Å². The molecule has 1 aliphatic carbocycles. The molecule has 0 unspecified atom stereocenters. The summed E-state index contributed by atoms with van der Waals surface area (Å²) in [6.45, 7) is 3.98. The molecular formula is C15H14ClN3O4S. The molecule has 4 N–H and O–H groups in total. The second-order valence-corrected chi connectivity index (χ2v) is 6.57. The molecule has 9 heteroatoms. The van der Waals surface area contributed by atoms with Crippen LogP contribution in [0.15, 0.2) is 12.2 Å². The summed E-state index contributed by atoms with van der Waals surface area (Å²) in [5.74, 6) is -1.22.